The van der Waals surface area contributed by atoms with Gasteiger partial charge in [-0.25, -0.2) is 9.97 Å². The van der Waals surface area contributed by atoms with E-state index in [0.717, 1.165) is 28.8 Å². The first-order valence-corrected chi connectivity index (χ1v) is 6.83. The highest BCUT2D eigenvalue weighted by Gasteiger charge is 2.15. The minimum Gasteiger partial charge on any atom is -0.313 e. The number of hydrogen-bond acceptors (Lipinski definition) is 4. The SMILES string of the molecule is Cc1nc(SC[C@H]2CCCN2)nc(C)c1C. The summed E-state index contributed by atoms with van der Waals surface area (Å²) >= 11 is 1.77. The molecular formula is C12H19N3S. The van der Waals surface area contributed by atoms with E-state index in [1.165, 1.54) is 18.4 Å². The monoisotopic (exact) mass is 237 g/mol. The number of aryl methyl sites for hydroxylation is 2. The van der Waals surface area contributed by atoms with Crippen LogP contribution in [0.2, 0.25) is 0 Å². The van der Waals surface area contributed by atoms with Gasteiger partial charge in [-0.2, -0.15) is 0 Å². The molecule has 1 aromatic heterocycles. The highest BCUT2D eigenvalue weighted by molar-refractivity contribution is 7.99. The molecule has 1 fully saturated rings. The van der Waals surface area contributed by atoms with Gasteiger partial charge in [0, 0.05) is 23.2 Å². The standard InChI is InChI=1S/C12H19N3S/c1-8-9(2)14-12(15-10(8)3)16-7-11-5-4-6-13-11/h11,13H,4-7H2,1-3H3/t11-/m1/s1. The molecule has 88 valence electrons. The normalized spacial score (nSPS) is 20.3. The van der Waals surface area contributed by atoms with Crippen molar-refractivity contribution >= 4 is 11.8 Å². The summed E-state index contributed by atoms with van der Waals surface area (Å²) in [4.78, 5) is 9.04. The first-order valence-electron chi connectivity index (χ1n) is 5.85. The molecule has 1 N–H and O–H groups in total. The van der Waals surface area contributed by atoms with E-state index in [1.807, 2.05) is 0 Å². The Morgan fingerprint density at radius 1 is 1.25 bits per heavy atom. The van der Waals surface area contributed by atoms with Gasteiger partial charge in [-0.15, -0.1) is 0 Å². The largest absolute Gasteiger partial charge is 0.313 e. The van der Waals surface area contributed by atoms with Crippen molar-refractivity contribution in [1.82, 2.24) is 15.3 Å². The van der Waals surface area contributed by atoms with Crippen molar-refractivity contribution in [2.24, 2.45) is 0 Å². The molecule has 4 heteroatoms. The Hall–Kier alpha value is -0.610. The molecule has 0 aromatic carbocycles. The number of thioether (sulfide) groups is 1. The molecule has 0 aliphatic carbocycles. The molecule has 3 nitrogen and oxygen atoms in total. The van der Waals surface area contributed by atoms with Gasteiger partial charge in [-0.1, -0.05) is 11.8 Å². The van der Waals surface area contributed by atoms with Crippen molar-refractivity contribution in [2.45, 2.75) is 44.8 Å². The zero-order chi connectivity index (χ0) is 11.5. The second-order valence-corrected chi connectivity index (χ2v) is 5.39. The van der Waals surface area contributed by atoms with Crippen molar-refractivity contribution in [1.29, 1.82) is 0 Å². The Bertz CT molecular complexity index is 350. The topological polar surface area (TPSA) is 37.8 Å². The van der Waals surface area contributed by atoms with Crippen LogP contribution < -0.4 is 5.32 Å². The molecule has 1 atom stereocenters. The summed E-state index contributed by atoms with van der Waals surface area (Å²) in [6.45, 7) is 7.36. The zero-order valence-electron chi connectivity index (χ0n) is 10.2. The summed E-state index contributed by atoms with van der Waals surface area (Å²) in [5, 5.41) is 4.42. The molecule has 0 amide bonds. The van der Waals surface area contributed by atoms with Crippen LogP contribution in [0.5, 0.6) is 0 Å². The van der Waals surface area contributed by atoms with Crippen LogP contribution in [0.25, 0.3) is 0 Å². The summed E-state index contributed by atoms with van der Waals surface area (Å²) in [7, 11) is 0. The molecule has 2 heterocycles. The molecule has 2 rings (SSSR count). The summed E-state index contributed by atoms with van der Waals surface area (Å²) in [6.07, 6.45) is 2.59. The maximum absolute atomic E-state index is 4.52. The van der Waals surface area contributed by atoms with Crippen LogP contribution in [0.15, 0.2) is 5.16 Å². The van der Waals surface area contributed by atoms with Crippen LogP contribution in [0, 0.1) is 20.8 Å². The van der Waals surface area contributed by atoms with Gasteiger partial charge in [0.05, 0.1) is 0 Å². The van der Waals surface area contributed by atoms with Crippen molar-refractivity contribution < 1.29 is 0 Å². The number of nitrogens with zero attached hydrogens (tertiary/aromatic N) is 2. The maximum atomic E-state index is 4.52. The third-order valence-corrected chi connectivity index (χ3v) is 4.20. The van der Waals surface area contributed by atoms with E-state index in [9.17, 15) is 0 Å². The molecule has 0 unspecified atom stereocenters. The highest BCUT2D eigenvalue weighted by atomic mass is 32.2. The maximum Gasteiger partial charge on any atom is 0.188 e. The molecule has 0 radical (unpaired) electrons. The zero-order valence-corrected chi connectivity index (χ0v) is 11.0. The lowest BCUT2D eigenvalue weighted by atomic mass is 10.2. The van der Waals surface area contributed by atoms with Gasteiger partial charge < -0.3 is 5.32 Å². The van der Waals surface area contributed by atoms with Gasteiger partial charge in [0.2, 0.25) is 0 Å². The number of nitrogens with one attached hydrogen (secondary N) is 1. The molecule has 1 aliphatic heterocycles. The Morgan fingerprint density at radius 3 is 2.50 bits per heavy atom. The van der Waals surface area contributed by atoms with E-state index in [4.69, 9.17) is 0 Å². The second kappa shape index (κ2) is 5.15. The molecular weight excluding hydrogens is 218 g/mol. The predicted octanol–water partition coefficient (Wildman–Crippen LogP) is 2.25. The molecule has 1 aromatic rings. The average Bonchev–Trinajstić information content (AvgIpc) is 2.75. The van der Waals surface area contributed by atoms with Gasteiger partial charge in [0.15, 0.2) is 5.16 Å². The van der Waals surface area contributed by atoms with Crippen LogP contribution in [0.4, 0.5) is 0 Å². The van der Waals surface area contributed by atoms with Gasteiger partial charge >= 0.3 is 0 Å². The number of aromatic nitrogens is 2. The van der Waals surface area contributed by atoms with E-state index in [2.05, 4.69) is 36.1 Å². The van der Waals surface area contributed by atoms with Crippen LogP contribution in [-0.4, -0.2) is 28.3 Å². The van der Waals surface area contributed by atoms with Crippen molar-refractivity contribution in [3.63, 3.8) is 0 Å². The highest BCUT2D eigenvalue weighted by Crippen LogP contribution is 2.20. The van der Waals surface area contributed by atoms with Crippen molar-refractivity contribution in [3.8, 4) is 0 Å². The van der Waals surface area contributed by atoms with Crippen LogP contribution in [-0.2, 0) is 0 Å². The van der Waals surface area contributed by atoms with E-state index < -0.39 is 0 Å². The van der Waals surface area contributed by atoms with Crippen LogP contribution in [0.3, 0.4) is 0 Å². The molecule has 0 saturated carbocycles. The van der Waals surface area contributed by atoms with Gasteiger partial charge in [-0.3, -0.25) is 0 Å². The fraction of sp³-hybridized carbons (Fsp3) is 0.667. The summed E-state index contributed by atoms with van der Waals surface area (Å²) in [6, 6.07) is 0.649. The second-order valence-electron chi connectivity index (χ2n) is 4.41. The average molecular weight is 237 g/mol. The van der Waals surface area contributed by atoms with E-state index in [1.54, 1.807) is 11.8 Å². The lowest BCUT2D eigenvalue weighted by Gasteiger charge is -2.10. The van der Waals surface area contributed by atoms with Crippen LogP contribution in [0.1, 0.15) is 29.8 Å². The fourth-order valence-electron chi connectivity index (χ4n) is 1.88. The first kappa shape index (κ1) is 11.9. The third kappa shape index (κ3) is 2.74. The Balaban J connectivity index is 1.98. The number of rotatable bonds is 3. The van der Waals surface area contributed by atoms with Gasteiger partial charge in [0.1, 0.15) is 0 Å². The molecule has 16 heavy (non-hydrogen) atoms. The minimum atomic E-state index is 0.649. The van der Waals surface area contributed by atoms with Crippen LogP contribution >= 0.6 is 11.8 Å². The number of hydrogen-bond donors (Lipinski definition) is 1. The Morgan fingerprint density at radius 2 is 1.94 bits per heavy atom. The smallest absolute Gasteiger partial charge is 0.188 e. The summed E-state index contributed by atoms with van der Waals surface area (Å²) in [5.41, 5.74) is 3.42. The van der Waals surface area contributed by atoms with E-state index in [-0.39, 0.29) is 0 Å². The molecule has 1 saturated heterocycles. The molecule has 0 spiro atoms. The molecule has 0 bridgehead atoms. The third-order valence-electron chi connectivity index (χ3n) is 3.19. The lowest BCUT2D eigenvalue weighted by molar-refractivity contribution is 0.672. The Kier molecular flexibility index (Phi) is 3.82. The van der Waals surface area contributed by atoms with E-state index in [0.29, 0.717) is 6.04 Å². The van der Waals surface area contributed by atoms with E-state index >= 15 is 0 Å². The fourth-order valence-corrected chi connectivity index (χ4v) is 2.92. The molecule has 1 aliphatic rings. The van der Waals surface area contributed by atoms with Gasteiger partial charge in [0.25, 0.3) is 0 Å². The Labute approximate surface area is 101 Å². The summed E-state index contributed by atoms with van der Waals surface area (Å²) in [5.74, 6) is 1.09. The lowest BCUT2D eigenvalue weighted by Crippen LogP contribution is -2.23. The van der Waals surface area contributed by atoms with Gasteiger partial charge in [-0.05, 0) is 45.7 Å². The minimum absolute atomic E-state index is 0.649. The quantitative estimate of drug-likeness (QED) is 0.646. The summed E-state index contributed by atoms with van der Waals surface area (Å²) < 4.78 is 0. The van der Waals surface area contributed by atoms with Crippen molar-refractivity contribution in [3.05, 3.63) is 17.0 Å². The first-order chi connectivity index (χ1) is 7.66. The van der Waals surface area contributed by atoms with Crippen molar-refractivity contribution in [2.75, 3.05) is 12.3 Å². The predicted molar refractivity (Wildman–Crippen MR) is 68.0 cm³/mol.